The molecule has 0 saturated carbocycles. The summed E-state index contributed by atoms with van der Waals surface area (Å²) in [4.78, 5) is 0. The number of benzene rings is 18. The van der Waals surface area contributed by atoms with E-state index in [2.05, 4.69) is 519 Å². The second-order valence-electron chi connectivity index (χ2n) is 28.9. The number of para-hydroxylation sites is 2. The number of nitrogen functional groups attached to an aromatic ring is 1. The highest BCUT2D eigenvalue weighted by atomic mass is 79.9. The van der Waals surface area contributed by atoms with E-state index in [1.165, 1.54) is 94.1 Å². The van der Waals surface area contributed by atoms with Crippen molar-refractivity contribution in [3.05, 3.63) is 514 Å². The molecule has 18 aromatic rings. The summed E-state index contributed by atoms with van der Waals surface area (Å²) in [6, 6.07) is 186. The molecule has 0 amide bonds. The van der Waals surface area contributed by atoms with Crippen molar-refractivity contribution in [2.75, 3.05) is 11.1 Å². The quantitative estimate of drug-likeness (QED) is 0.0453. The molecule has 0 saturated heterocycles. The fourth-order valence-electron chi connectivity index (χ4n) is 17.4. The molecule has 7 heteroatoms. The van der Waals surface area contributed by atoms with Crippen LogP contribution in [-0.4, -0.2) is 32.3 Å². The van der Waals surface area contributed by atoms with Crippen molar-refractivity contribution in [1.82, 2.24) is 0 Å². The molecule has 0 aliphatic heterocycles. The van der Waals surface area contributed by atoms with Crippen LogP contribution in [0.1, 0.15) is 0 Å². The van der Waals surface area contributed by atoms with Gasteiger partial charge in [0.05, 0.1) is 0 Å². The Morgan fingerprint density at radius 1 is 0.174 bits per heavy atom. The van der Waals surface area contributed by atoms with Gasteiger partial charge in [-0.15, -0.1) is 0 Å². The average molecular weight is 1610 g/mol. The summed E-state index contributed by atoms with van der Waals surface area (Å²) in [5.41, 5.74) is 13.9. The lowest BCUT2D eigenvalue weighted by Crippen LogP contribution is -2.74. The first-order valence-electron chi connectivity index (χ1n) is 39.3. The van der Waals surface area contributed by atoms with E-state index in [1.807, 2.05) is 12.1 Å². The van der Waals surface area contributed by atoms with Gasteiger partial charge in [-0.3, -0.25) is 0 Å². The summed E-state index contributed by atoms with van der Waals surface area (Å²) in [5, 5.41) is 25.8. The van der Waals surface area contributed by atoms with Crippen LogP contribution in [0.25, 0.3) is 22.3 Å². The van der Waals surface area contributed by atoms with E-state index >= 15 is 0 Å². The van der Waals surface area contributed by atoms with E-state index < -0.39 is 32.3 Å². The number of anilines is 3. The van der Waals surface area contributed by atoms with Crippen molar-refractivity contribution in [3.63, 3.8) is 0 Å². The number of rotatable bonds is 20. The molecule has 0 radical (unpaired) electrons. The van der Waals surface area contributed by atoms with Crippen molar-refractivity contribution >= 4 is 148 Å². The Kier molecular flexibility index (Phi) is 23.6. The molecule has 18 aromatic carbocycles. The van der Waals surface area contributed by atoms with Gasteiger partial charge in [0.2, 0.25) is 0 Å². The Bertz CT molecular complexity index is 5740. The second kappa shape index (κ2) is 35.7. The smallest absolute Gasteiger partial charge is 0.179 e. The zero-order valence-corrected chi connectivity index (χ0v) is 69.5. The zero-order valence-electron chi connectivity index (χ0n) is 64.0. The third kappa shape index (κ3) is 15.4. The highest BCUT2D eigenvalue weighted by Crippen LogP contribution is 2.32. The van der Waals surface area contributed by atoms with Crippen LogP contribution in [0.15, 0.2) is 514 Å². The molecule has 115 heavy (non-hydrogen) atoms. The molecule has 0 atom stereocenters. The highest BCUT2D eigenvalue weighted by Gasteiger charge is 2.45. The normalized spacial score (nSPS) is 11.4. The molecule has 0 spiro atoms. The van der Waals surface area contributed by atoms with Gasteiger partial charge in [-0.25, -0.2) is 0 Å². The summed E-state index contributed by atoms with van der Waals surface area (Å²) < 4.78 is 1.12. The van der Waals surface area contributed by atoms with Gasteiger partial charge >= 0.3 is 0 Å². The minimum atomic E-state index is -2.70. The Labute approximate surface area is 690 Å². The fourth-order valence-corrected chi connectivity index (χ4v) is 37.2. The summed E-state index contributed by atoms with van der Waals surface area (Å²) in [6.45, 7) is 0. The highest BCUT2D eigenvalue weighted by molar-refractivity contribution is 9.10. The van der Waals surface area contributed by atoms with E-state index in [9.17, 15) is 0 Å². The van der Waals surface area contributed by atoms with Gasteiger partial charge in [0.25, 0.3) is 0 Å². The van der Waals surface area contributed by atoms with Crippen LogP contribution in [0.3, 0.4) is 0 Å². The molecule has 552 valence electrons. The summed E-state index contributed by atoms with van der Waals surface area (Å²) in [6.07, 6.45) is 0. The van der Waals surface area contributed by atoms with Gasteiger partial charge in [-0.1, -0.05) is 489 Å². The summed E-state index contributed by atoms with van der Waals surface area (Å²) in [5.74, 6) is 0. The van der Waals surface area contributed by atoms with Crippen LogP contribution in [0.5, 0.6) is 0 Å². The van der Waals surface area contributed by atoms with Gasteiger partial charge in [-0.05, 0) is 131 Å². The molecular formula is C108H87BrN2Si4. The largest absolute Gasteiger partial charge is 0.398 e. The first-order chi connectivity index (χ1) is 56.9. The van der Waals surface area contributed by atoms with Crippen molar-refractivity contribution in [2.24, 2.45) is 0 Å². The lowest BCUT2D eigenvalue weighted by atomic mass is 10.0. The zero-order chi connectivity index (χ0) is 78.0. The van der Waals surface area contributed by atoms with Gasteiger partial charge < -0.3 is 11.1 Å². The van der Waals surface area contributed by atoms with E-state index in [4.69, 9.17) is 5.73 Å². The lowest BCUT2D eigenvalue weighted by Gasteiger charge is -2.35. The molecule has 0 aliphatic carbocycles. The Hall–Kier alpha value is -13.1. The number of hydrogen-bond donors (Lipinski definition) is 2. The summed E-state index contributed by atoms with van der Waals surface area (Å²) >= 11 is 3.69. The molecule has 0 aliphatic rings. The van der Waals surface area contributed by atoms with E-state index in [-0.39, 0.29) is 0 Å². The molecule has 2 nitrogen and oxygen atoms in total. The van der Waals surface area contributed by atoms with E-state index in [0.29, 0.717) is 0 Å². The molecule has 0 aromatic heterocycles. The SMILES string of the molecule is Brc1cccc([Si](c2ccccc2)(c2ccccc2)c2ccccc2)c1.Nc1ccccc1-c1cccc([Si](c2ccccc2)(c2ccccc2)c2ccccc2)c1.c1ccc([Si](c2ccccc2)(c2ccccc2)c2cccc(Nc3ccccc3-c3cccc([Si](c4ccccc4)(c4ccccc4)c4ccccc4)c3)c2)cc1. The number of halogens is 1. The van der Waals surface area contributed by atoms with Crippen molar-refractivity contribution in [3.8, 4) is 22.3 Å². The first kappa shape index (κ1) is 75.9. The number of hydrogen-bond acceptors (Lipinski definition) is 2. The second-order valence-corrected chi connectivity index (χ2v) is 45.1. The predicted octanol–water partition coefficient (Wildman–Crippen LogP) is 16.0. The van der Waals surface area contributed by atoms with Crippen LogP contribution in [-0.2, 0) is 0 Å². The Balaban J connectivity index is 0.000000144. The van der Waals surface area contributed by atoms with Crippen LogP contribution in [0, 0.1) is 0 Å². The minimum Gasteiger partial charge on any atom is -0.398 e. The van der Waals surface area contributed by atoms with Crippen LogP contribution in [0.4, 0.5) is 17.1 Å². The standard InChI is InChI=1S/C54H43NSi2.C30H25NSi.C24H19BrSi/c1-7-25-45(26-8-1)56(46-27-9-2-10-28-46,47-29-11-3-12-30-47)51-37-21-23-43(41-51)53-39-19-20-40-54(53)55-44-24-22-38-52(42-44)57(48-31-13-4-14-32-48,49-33-15-5-16-34-49)50-35-17-6-18-36-50;31-30-22-11-10-21-29(30)24-13-12-20-28(23-24)32(25-14-4-1-5-15-25,26-16-6-2-7-17-26)27-18-8-3-9-19-27;25-20-11-10-18-24(19-20)26(21-12-4-1-5-13-21,22-14-6-2-7-15-22)23-16-8-3-9-17-23/h1-42,55H;1-23H,31H2;1-19H. The van der Waals surface area contributed by atoms with Crippen LogP contribution < -0.4 is 94.0 Å². The van der Waals surface area contributed by atoms with Gasteiger partial charge in [0.1, 0.15) is 0 Å². The fraction of sp³-hybridized carbons (Fsp3) is 0. The topological polar surface area (TPSA) is 38.0 Å². The van der Waals surface area contributed by atoms with Crippen molar-refractivity contribution < 1.29 is 0 Å². The molecule has 0 bridgehead atoms. The molecule has 0 fully saturated rings. The van der Waals surface area contributed by atoms with E-state index in [1.54, 1.807) is 0 Å². The third-order valence-corrected chi connectivity index (χ3v) is 42.0. The minimum absolute atomic E-state index is 0.802. The van der Waals surface area contributed by atoms with Gasteiger partial charge in [0, 0.05) is 32.7 Å². The molecule has 0 heterocycles. The number of nitrogens with two attached hydrogens (primary N) is 1. The molecule has 3 N–H and O–H groups in total. The third-order valence-electron chi connectivity index (χ3n) is 22.4. The Morgan fingerprint density at radius 3 is 0.661 bits per heavy atom. The maximum absolute atomic E-state index is 6.36. The predicted molar refractivity (Wildman–Crippen MR) is 506 cm³/mol. The monoisotopic (exact) mass is 1600 g/mol. The van der Waals surface area contributed by atoms with Crippen LogP contribution >= 0.6 is 15.9 Å². The molecule has 18 rings (SSSR count). The number of nitrogens with one attached hydrogen (secondary N) is 1. The Morgan fingerprint density at radius 2 is 0.383 bits per heavy atom. The molecule has 0 unspecified atom stereocenters. The molecular weight excluding hydrogens is 1520 g/mol. The van der Waals surface area contributed by atoms with Crippen molar-refractivity contribution in [2.45, 2.75) is 0 Å². The van der Waals surface area contributed by atoms with Crippen molar-refractivity contribution in [1.29, 1.82) is 0 Å². The van der Waals surface area contributed by atoms with E-state index in [0.717, 1.165) is 32.7 Å². The first-order valence-corrected chi connectivity index (χ1v) is 48.1. The van der Waals surface area contributed by atoms with Gasteiger partial charge in [-0.2, -0.15) is 0 Å². The summed E-state index contributed by atoms with van der Waals surface area (Å²) in [7, 11) is -10.3. The maximum atomic E-state index is 6.36. The van der Waals surface area contributed by atoms with Crippen LogP contribution in [0.2, 0.25) is 0 Å². The average Bonchev–Trinajstić information content (AvgIpc) is 0.755. The van der Waals surface area contributed by atoms with Gasteiger partial charge in [0.15, 0.2) is 32.3 Å². The lowest BCUT2D eigenvalue weighted by molar-refractivity contribution is 1.54. The maximum Gasteiger partial charge on any atom is 0.179 e.